The first kappa shape index (κ1) is 13.3. The highest BCUT2D eigenvalue weighted by Gasteiger charge is 2.16. The maximum absolute atomic E-state index is 11.4. The van der Waals surface area contributed by atoms with Crippen LogP contribution in [-0.2, 0) is 4.74 Å². The number of amides is 1. The Balaban J connectivity index is 2.70. The first-order valence-corrected chi connectivity index (χ1v) is 5.76. The fourth-order valence-electron chi connectivity index (χ4n) is 0.938. The van der Waals surface area contributed by atoms with Crippen LogP contribution in [0, 0.1) is 0 Å². The van der Waals surface area contributed by atoms with Gasteiger partial charge in [0.05, 0.1) is 0 Å². The number of anilines is 1. The summed E-state index contributed by atoms with van der Waals surface area (Å²) < 4.78 is 5.62. The van der Waals surface area contributed by atoms with Gasteiger partial charge in [0.15, 0.2) is 0 Å². The smallest absolute Gasteiger partial charge is 0.413 e. The summed E-state index contributed by atoms with van der Waals surface area (Å²) in [6.07, 6.45) is -0.561. The zero-order valence-electron chi connectivity index (χ0n) is 9.17. The molecule has 0 atom stereocenters. The van der Waals surface area contributed by atoms with Gasteiger partial charge < -0.3 is 4.74 Å². The second kappa shape index (κ2) is 5.01. The number of halogens is 2. The number of nitrogens with one attached hydrogen (secondary N) is 1. The first-order chi connectivity index (χ1) is 7.26. The zero-order valence-corrected chi connectivity index (χ0v) is 11.5. The maximum atomic E-state index is 11.4. The molecule has 1 heterocycles. The third-order valence-corrected chi connectivity index (χ3v) is 2.01. The van der Waals surface area contributed by atoms with E-state index in [4.69, 9.17) is 16.3 Å². The van der Waals surface area contributed by atoms with E-state index in [0.29, 0.717) is 15.4 Å². The van der Waals surface area contributed by atoms with Gasteiger partial charge in [-0.2, -0.15) is 0 Å². The molecule has 6 heteroatoms. The molecule has 1 aromatic heterocycles. The molecule has 1 amide bonds. The van der Waals surface area contributed by atoms with Gasteiger partial charge in [0, 0.05) is 5.02 Å². The van der Waals surface area contributed by atoms with Gasteiger partial charge in [0.1, 0.15) is 16.0 Å². The van der Waals surface area contributed by atoms with Crippen LogP contribution in [0.2, 0.25) is 5.02 Å². The van der Waals surface area contributed by atoms with Gasteiger partial charge in [0.2, 0.25) is 0 Å². The van der Waals surface area contributed by atoms with E-state index in [0.717, 1.165) is 0 Å². The molecule has 1 rings (SSSR count). The van der Waals surface area contributed by atoms with Gasteiger partial charge in [-0.15, -0.1) is 0 Å². The number of hydrogen-bond acceptors (Lipinski definition) is 3. The molecule has 0 radical (unpaired) electrons. The molecule has 0 aliphatic heterocycles. The lowest BCUT2D eigenvalue weighted by Crippen LogP contribution is -2.27. The minimum Gasteiger partial charge on any atom is -0.444 e. The molecular weight excluding hydrogens is 295 g/mol. The van der Waals surface area contributed by atoms with Crippen LogP contribution in [0.15, 0.2) is 16.7 Å². The quantitative estimate of drug-likeness (QED) is 0.802. The average Bonchev–Trinajstić information content (AvgIpc) is 1.96. The van der Waals surface area contributed by atoms with Gasteiger partial charge in [-0.3, -0.25) is 5.32 Å². The van der Waals surface area contributed by atoms with Crippen molar-refractivity contribution in [3.05, 3.63) is 21.8 Å². The molecule has 0 saturated carbocycles. The Morgan fingerprint density at radius 3 is 2.62 bits per heavy atom. The highest BCUT2D eigenvalue weighted by Crippen LogP contribution is 2.19. The number of aromatic nitrogens is 1. The van der Waals surface area contributed by atoms with E-state index in [1.54, 1.807) is 26.8 Å². The fraction of sp³-hybridized carbons (Fsp3) is 0.400. The van der Waals surface area contributed by atoms with Gasteiger partial charge in [-0.1, -0.05) is 11.6 Å². The molecule has 16 heavy (non-hydrogen) atoms. The first-order valence-electron chi connectivity index (χ1n) is 4.59. The number of rotatable bonds is 1. The van der Waals surface area contributed by atoms with E-state index in [1.165, 1.54) is 6.07 Å². The molecule has 0 aromatic carbocycles. The van der Waals surface area contributed by atoms with Crippen LogP contribution >= 0.6 is 27.5 Å². The summed E-state index contributed by atoms with van der Waals surface area (Å²) in [5.74, 6) is 0.341. The molecule has 0 spiro atoms. The summed E-state index contributed by atoms with van der Waals surface area (Å²) in [4.78, 5) is 15.4. The van der Waals surface area contributed by atoms with Crippen molar-refractivity contribution < 1.29 is 9.53 Å². The Kier molecular flexibility index (Phi) is 4.15. The summed E-state index contributed by atoms with van der Waals surface area (Å²) >= 11 is 8.98. The van der Waals surface area contributed by atoms with E-state index in [9.17, 15) is 4.79 Å². The van der Waals surface area contributed by atoms with Crippen LogP contribution in [0.4, 0.5) is 10.6 Å². The molecule has 0 aliphatic rings. The minimum atomic E-state index is -0.561. The van der Waals surface area contributed by atoms with E-state index < -0.39 is 11.7 Å². The van der Waals surface area contributed by atoms with Crippen molar-refractivity contribution in [3.8, 4) is 0 Å². The van der Waals surface area contributed by atoms with Gasteiger partial charge in [0.25, 0.3) is 0 Å². The maximum Gasteiger partial charge on any atom is 0.413 e. The minimum absolute atomic E-state index is 0.341. The Hall–Kier alpha value is -0.810. The average molecular weight is 308 g/mol. The van der Waals surface area contributed by atoms with E-state index in [2.05, 4.69) is 26.2 Å². The van der Waals surface area contributed by atoms with Crippen molar-refractivity contribution in [2.24, 2.45) is 0 Å². The van der Waals surface area contributed by atoms with Crippen LogP contribution in [0.1, 0.15) is 20.8 Å². The summed E-state index contributed by atoms with van der Waals surface area (Å²) in [6.45, 7) is 5.36. The molecule has 0 unspecified atom stereocenters. The number of hydrogen-bond donors (Lipinski definition) is 1. The van der Waals surface area contributed by atoms with E-state index >= 15 is 0 Å². The van der Waals surface area contributed by atoms with Crippen molar-refractivity contribution in [1.29, 1.82) is 0 Å². The standard InChI is InChI=1S/C10H12BrClN2O2/c1-10(2,3)16-9(15)14-8-5-6(12)4-7(11)13-8/h4-5H,1-3H3,(H,13,14,15). The van der Waals surface area contributed by atoms with Crippen LogP contribution in [0.25, 0.3) is 0 Å². The molecule has 1 aromatic rings. The lowest BCUT2D eigenvalue weighted by atomic mass is 10.2. The van der Waals surface area contributed by atoms with E-state index in [-0.39, 0.29) is 0 Å². The monoisotopic (exact) mass is 306 g/mol. The third kappa shape index (κ3) is 4.81. The molecule has 0 aliphatic carbocycles. The Morgan fingerprint density at radius 2 is 2.12 bits per heavy atom. The van der Waals surface area contributed by atoms with Crippen molar-refractivity contribution in [1.82, 2.24) is 4.98 Å². The Morgan fingerprint density at radius 1 is 1.50 bits per heavy atom. The lowest BCUT2D eigenvalue weighted by molar-refractivity contribution is 0.0635. The molecule has 4 nitrogen and oxygen atoms in total. The fourth-order valence-corrected chi connectivity index (χ4v) is 1.71. The number of carbonyl (C=O) groups excluding carboxylic acids is 1. The molecule has 88 valence electrons. The van der Waals surface area contributed by atoms with Crippen LogP contribution in [0.5, 0.6) is 0 Å². The van der Waals surface area contributed by atoms with Gasteiger partial charge in [-0.25, -0.2) is 9.78 Å². The highest BCUT2D eigenvalue weighted by molar-refractivity contribution is 9.10. The molecule has 1 N–H and O–H groups in total. The zero-order chi connectivity index (χ0) is 12.3. The Bertz CT molecular complexity index is 384. The van der Waals surface area contributed by atoms with Crippen molar-refractivity contribution in [2.75, 3.05) is 5.32 Å². The highest BCUT2D eigenvalue weighted by atomic mass is 79.9. The van der Waals surface area contributed by atoms with Gasteiger partial charge >= 0.3 is 6.09 Å². The Labute approximate surface area is 107 Å². The van der Waals surface area contributed by atoms with E-state index in [1.807, 2.05) is 0 Å². The molecule has 0 saturated heterocycles. The largest absolute Gasteiger partial charge is 0.444 e. The predicted octanol–water partition coefficient (Wildman–Crippen LogP) is 3.84. The van der Waals surface area contributed by atoms with Crippen LogP contribution in [-0.4, -0.2) is 16.7 Å². The number of pyridine rings is 1. The summed E-state index contributed by atoms with van der Waals surface area (Å²) in [6, 6.07) is 3.16. The van der Waals surface area contributed by atoms with Crippen molar-refractivity contribution in [3.63, 3.8) is 0 Å². The second-order valence-corrected chi connectivity index (χ2v) is 5.37. The predicted molar refractivity (Wildman–Crippen MR) is 66.8 cm³/mol. The number of carbonyl (C=O) groups is 1. The SMILES string of the molecule is CC(C)(C)OC(=O)Nc1cc(Cl)cc(Br)n1. The number of nitrogens with zero attached hydrogens (tertiary/aromatic N) is 1. The van der Waals surface area contributed by atoms with Crippen molar-refractivity contribution >= 4 is 39.4 Å². The molecule has 0 bridgehead atoms. The third-order valence-electron chi connectivity index (χ3n) is 1.39. The number of ether oxygens (including phenoxy) is 1. The normalized spacial score (nSPS) is 11.1. The summed E-state index contributed by atoms with van der Waals surface area (Å²) in [7, 11) is 0. The van der Waals surface area contributed by atoms with Crippen molar-refractivity contribution in [2.45, 2.75) is 26.4 Å². The van der Waals surface area contributed by atoms with Crippen LogP contribution < -0.4 is 5.32 Å². The second-order valence-electron chi connectivity index (χ2n) is 4.12. The molecule has 0 fully saturated rings. The van der Waals surface area contributed by atoms with Crippen LogP contribution in [0.3, 0.4) is 0 Å². The summed E-state index contributed by atoms with van der Waals surface area (Å²) in [5, 5.41) is 2.97. The van der Waals surface area contributed by atoms with Gasteiger partial charge in [-0.05, 0) is 48.8 Å². The topological polar surface area (TPSA) is 51.2 Å². The summed E-state index contributed by atoms with van der Waals surface area (Å²) in [5.41, 5.74) is -0.542. The lowest BCUT2D eigenvalue weighted by Gasteiger charge is -2.19. The molecular formula is C10H12BrClN2O2.